The summed E-state index contributed by atoms with van der Waals surface area (Å²) >= 11 is 0. The van der Waals surface area contributed by atoms with Crippen molar-refractivity contribution in [3.05, 3.63) is 0 Å². The Morgan fingerprint density at radius 3 is 2.69 bits per heavy atom. The first-order valence-electron chi connectivity index (χ1n) is 4.60. The molecule has 0 spiro atoms. The van der Waals surface area contributed by atoms with Gasteiger partial charge in [0.1, 0.15) is 0 Å². The zero-order valence-corrected chi connectivity index (χ0v) is 9.58. The molecule has 0 aromatic heterocycles. The molecule has 80 valence electrons. The van der Waals surface area contributed by atoms with E-state index in [1.54, 1.807) is 14.2 Å². The number of methoxy groups -OCH3 is 2. The SMILES string of the molecule is COCCN1CCCC1COC.S. The zero-order valence-electron chi connectivity index (χ0n) is 8.58. The van der Waals surface area contributed by atoms with Crippen LogP contribution in [0.4, 0.5) is 0 Å². The van der Waals surface area contributed by atoms with Gasteiger partial charge in [0.25, 0.3) is 0 Å². The van der Waals surface area contributed by atoms with Crippen molar-refractivity contribution in [2.45, 2.75) is 18.9 Å². The van der Waals surface area contributed by atoms with Crippen LogP contribution in [0.1, 0.15) is 12.8 Å². The summed E-state index contributed by atoms with van der Waals surface area (Å²) in [5.74, 6) is 0. The maximum absolute atomic E-state index is 5.15. The molecule has 3 nitrogen and oxygen atoms in total. The van der Waals surface area contributed by atoms with Crippen molar-refractivity contribution in [3.8, 4) is 0 Å². The van der Waals surface area contributed by atoms with Gasteiger partial charge in [-0.3, -0.25) is 4.90 Å². The lowest BCUT2D eigenvalue weighted by Crippen LogP contribution is -2.35. The monoisotopic (exact) mass is 207 g/mol. The predicted octanol–water partition coefficient (Wildman–Crippen LogP) is 0.856. The molecule has 1 aliphatic heterocycles. The average Bonchev–Trinajstić information content (AvgIpc) is 2.50. The number of ether oxygens (including phenoxy) is 2. The third kappa shape index (κ3) is 4.31. The minimum atomic E-state index is 0. The van der Waals surface area contributed by atoms with Crippen molar-refractivity contribution < 1.29 is 9.47 Å². The Kier molecular flexibility index (Phi) is 7.75. The van der Waals surface area contributed by atoms with Crippen LogP contribution in [0.5, 0.6) is 0 Å². The Hall–Kier alpha value is 0.230. The van der Waals surface area contributed by atoms with Gasteiger partial charge in [-0.15, -0.1) is 0 Å². The summed E-state index contributed by atoms with van der Waals surface area (Å²) in [5.41, 5.74) is 0. The smallest absolute Gasteiger partial charge is 0.0618 e. The third-order valence-corrected chi connectivity index (χ3v) is 2.44. The second-order valence-electron chi connectivity index (χ2n) is 3.28. The highest BCUT2D eigenvalue weighted by molar-refractivity contribution is 7.59. The number of hydrogen-bond acceptors (Lipinski definition) is 3. The minimum Gasteiger partial charge on any atom is -0.383 e. The van der Waals surface area contributed by atoms with Gasteiger partial charge in [-0.1, -0.05) is 0 Å². The molecule has 0 bridgehead atoms. The van der Waals surface area contributed by atoms with Crippen LogP contribution < -0.4 is 0 Å². The van der Waals surface area contributed by atoms with Gasteiger partial charge in [-0.25, -0.2) is 0 Å². The van der Waals surface area contributed by atoms with E-state index >= 15 is 0 Å². The van der Waals surface area contributed by atoms with E-state index in [9.17, 15) is 0 Å². The topological polar surface area (TPSA) is 21.7 Å². The van der Waals surface area contributed by atoms with Gasteiger partial charge >= 0.3 is 0 Å². The van der Waals surface area contributed by atoms with Crippen molar-refractivity contribution in [2.24, 2.45) is 0 Å². The molecule has 1 unspecified atom stereocenters. The van der Waals surface area contributed by atoms with Crippen LogP contribution in [0.15, 0.2) is 0 Å². The molecule has 0 radical (unpaired) electrons. The van der Waals surface area contributed by atoms with Crippen molar-refractivity contribution in [1.82, 2.24) is 4.90 Å². The van der Waals surface area contributed by atoms with E-state index in [1.807, 2.05) is 0 Å². The molecule has 1 aliphatic rings. The molecule has 1 rings (SSSR count). The lowest BCUT2D eigenvalue weighted by atomic mass is 10.2. The first-order chi connectivity index (χ1) is 5.88. The maximum Gasteiger partial charge on any atom is 0.0618 e. The Labute approximate surface area is 87.8 Å². The van der Waals surface area contributed by atoms with Gasteiger partial charge in [-0.2, -0.15) is 13.5 Å². The predicted molar refractivity (Wildman–Crippen MR) is 58.7 cm³/mol. The second kappa shape index (κ2) is 7.62. The Morgan fingerprint density at radius 2 is 2.08 bits per heavy atom. The van der Waals surface area contributed by atoms with E-state index in [-0.39, 0.29) is 13.5 Å². The Bertz CT molecular complexity index is 124. The molecular weight excluding hydrogens is 186 g/mol. The summed E-state index contributed by atoms with van der Waals surface area (Å²) in [7, 11) is 3.52. The van der Waals surface area contributed by atoms with Crippen molar-refractivity contribution in [2.75, 3.05) is 40.5 Å². The maximum atomic E-state index is 5.15. The summed E-state index contributed by atoms with van der Waals surface area (Å²) in [6.45, 7) is 3.95. The van der Waals surface area contributed by atoms with Crippen LogP contribution in [-0.4, -0.2) is 51.5 Å². The van der Waals surface area contributed by atoms with Gasteiger partial charge in [0.15, 0.2) is 0 Å². The standard InChI is InChI=1S/C9H19NO2.H2S/c1-11-7-6-10-5-3-4-9(10)8-12-2;/h9H,3-8H2,1-2H3;1H2. The molecule has 0 saturated carbocycles. The summed E-state index contributed by atoms with van der Waals surface area (Å²) in [6, 6.07) is 0.630. The zero-order chi connectivity index (χ0) is 8.81. The fourth-order valence-electron chi connectivity index (χ4n) is 1.78. The molecule has 0 aromatic rings. The van der Waals surface area contributed by atoms with Crippen LogP contribution in [0.3, 0.4) is 0 Å². The van der Waals surface area contributed by atoms with Crippen molar-refractivity contribution >= 4 is 13.5 Å². The van der Waals surface area contributed by atoms with Crippen LogP contribution in [0.2, 0.25) is 0 Å². The fourth-order valence-corrected chi connectivity index (χ4v) is 1.78. The third-order valence-electron chi connectivity index (χ3n) is 2.44. The molecule has 1 saturated heterocycles. The van der Waals surface area contributed by atoms with E-state index in [0.29, 0.717) is 6.04 Å². The summed E-state index contributed by atoms with van der Waals surface area (Å²) in [6.07, 6.45) is 2.58. The van der Waals surface area contributed by atoms with Gasteiger partial charge in [-0.05, 0) is 19.4 Å². The van der Waals surface area contributed by atoms with Gasteiger partial charge < -0.3 is 9.47 Å². The lowest BCUT2D eigenvalue weighted by molar-refractivity contribution is 0.0911. The normalized spacial score (nSPS) is 23.1. The summed E-state index contributed by atoms with van der Waals surface area (Å²) < 4.78 is 10.2. The van der Waals surface area contributed by atoms with E-state index < -0.39 is 0 Å². The minimum absolute atomic E-state index is 0. The molecule has 0 N–H and O–H groups in total. The highest BCUT2D eigenvalue weighted by atomic mass is 32.1. The van der Waals surface area contributed by atoms with Crippen LogP contribution in [-0.2, 0) is 9.47 Å². The molecule has 1 atom stereocenters. The molecule has 13 heavy (non-hydrogen) atoms. The molecular formula is C9H21NO2S. The first kappa shape index (κ1) is 13.2. The van der Waals surface area contributed by atoms with Crippen molar-refractivity contribution in [3.63, 3.8) is 0 Å². The number of hydrogen-bond donors (Lipinski definition) is 0. The lowest BCUT2D eigenvalue weighted by Gasteiger charge is -2.22. The molecule has 4 heteroatoms. The molecule has 1 fully saturated rings. The van der Waals surface area contributed by atoms with Gasteiger partial charge in [0, 0.05) is 26.8 Å². The highest BCUT2D eigenvalue weighted by Crippen LogP contribution is 2.16. The second-order valence-corrected chi connectivity index (χ2v) is 3.28. The summed E-state index contributed by atoms with van der Waals surface area (Å²) in [4.78, 5) is 2.45. The molecule has 1 heterocycles. The number of nitrogens with zero attached hydrogens (tertiary/aromatic N) is 1. The van der Waals surface area contributed by atoms with Crippen molar-refractivity contribution in [1.29, 1.82) is 0 Å². The summed E-state index contributed by atoms with van der Waals surface area (Å²) in [5, 5.41) is 0. The average molecular weight is 207 g/mol. The number of rotatable bonds is 5. The number of likely N-dealkylation sites (tertiary alicyclic amines) is 1. The van der Waals surface area contributed by atoms with Gasteiger partial charge in [0.2, 0.25) is 0 Å². The molecule has 0 aromatic carbocycles. The van der Waals surface area contributed by atoms with E-state index in [4.69, 9.17) is 9.47 Å². The quantitative estimate of drug-likeness (QED) is 0.667. The van der Waals surface area contributed by atoms with Crippen LogP contribution in [0, 0.1) is 0 Å². The highest BCUT2D eigenvalue weighted by Gasteiger charge is 2.23. The van der Waals surface area contributed by atoms with E-state index in [2.05, 4.69) is 4.90 Å². The molecule has 0 amide bonds. The largest absolute Gasteiger partial charge is 0.383 e. The van der Waals surface area contributed by atoms with E-state index in [0.717, 1.165) is 19.8 Å². The Morgan fingerprint density at radius 1 is 1.31 bits per heavy atom. The molecule has 0 aliphatic carbocycles. The van der Waals surface area contributed by atoms with Crippen LogP contribution in [0.25, 0.3) is 0 Å². The van der Waals surface area contributed by atoms with Gasteiger partial charge in [0.05, 0.1) is 13.2 Å². The first-order valence-corrected chi connectivity index (χ1v) is 4.60. The van der Waals surface area contributed by atoms with Crippen LogP contribution >= 0.6 is 13.5 Å². The Balaban J connectivity index is 0.00000144. The fraction of sp³-hybridized carbons (Fsp3) is 1.00. The van der Waals surface area contributed by atoms with E-state index in [1.165, 1.54) is 19.4 Å².